The lowest BCUT2D eigenvalue weighted by atomic mass is 10.2. The van der Waals surface area contributed by atoms with E-state index in [9.17, 15) is 4.79 Å². The maximum atomic E-state index is 12.5. The molecule has 3 rings (SSSR count). The molecule has 0 atom stereocenters. The van der Waals surface area contributed by atoms with Gasteiger partial charge in [-0.2, -0.15) is 9.78 Å². The van der Waals surface area contributed by atoms with Crippen LogP contribution in [-0.2, 0) is 0 Å². The largest absolute Gasteiger partial charge is 0.496 e. The highest BCUT2D eigenvalue weighted by Crippen LogP contribution is 2.15. The average molecular weight is 293 g/mol. The molecule has 0 amide bonds. The zero-order valence-electron chi connectivity index (χ0n) is 12.4. The van der Waals surface area contributed by atoms with Crippen LogP contribution in [0.15, 0.2) is 58.4 Å². The van der Waals surface area contributed by atoms with Gasteiger partial charge in [0.25, 0.3) is 5.56 Å². The summed E-state index contributed by atoms with van der Waals surface area (Å²) >= 11 is 0. The van der Waals surface area contributed by atoms with E-state index in [1.165, 1.54) is 4.68 Å². The Hall–Kier alpha value is -2.95. The van der Waals surface area contributed by atoms with Gasteiger partial charge in [-0.3, -0.25) is 4.79 Å². The van der Waals surface area contributed by atoms with Gasteiger partial charge in [-0.15, -0.1) is 0 Å². The van der Waals surface area contributed by atoms with E-state index in [1.54, 1.807) is 26.3 Å². The standard InChI is InChI=1S/C17H15N3O2/c1-12-19-15-9-5-4-8-14(15)17(21)20(12)18-11-13-7-3-6-10-16(13)22-2/h3-11H,1-2H3. The summed E-state index contributed by atoms with van der Waals surface area (Å²) in [5.74, 6) is 1.24. The molecule has 0 aliphatic carbocycles. The topological polar surface area (TPSA) is 56.5 Å². The van der Waals surface area contributed by atoms with Gasteiger partial charge in [-0.25, -0.2) is 4.98 Å². The van der Waals surface area contributed by atoms with Crippen molar-refractivity contribution in [3.8, 4) is 5.75 Å². The molecule has 1 heterocycles. The summed E-state index contributed by atoms with van der Waals surface area (Å²) in [6.45, 7) is 1.76. The van der Waals surface area contributed by atoms with Crippen molar-refractivity contribution in [3.63, 3.8) is 0 Å². The molecule has 22 heavy (non-hydrogen) atoms. The minimum absolute atomic E-state index is 0.186. The van der Waals surface area contributed by atoms with Gasteiger partial charge in [0.2, 0.25) is 0 Å². The molecule has 5 nitrogen and oxygen atoms in total. The molecule has 0 fully saturated rings. The summed E-state index contributed by atoms with van der Waals surface area (Å²) in [5.41, 5.74) is 1.28. The number of aromatic nitrogens is 2. The molecule has 0 radical (unpaired) electrons. The molecule has 2 aromatic carbocycles. The molecule has 110 valence electrons. The number of nitrogens with zero attached hydrogens (tertiary/aromatic N) is 3. The van der Waals surface area contributed by atoms with E-state index in [4.69, 9.17) is 4.74 Å². The first-order valence-electron chi connectivity index (χ1n) is 6.86. The van der Waals surface area contributed by atoms with Crippen molar-refractivity contribution < 1.29 is 4.74 Å². The van der Waals surface area contributed by atoms with Gasteiger partial charge in [0.1, 0.15) is 11.6 Å². The second-order valence-corrected chi connectivity index (χ2v) is 4.78. The number of aryl methyl sites for hydroxylation is 1. The second-order valence-electron chi connectivity index (χ2n) is 4.78. The van der Waals surface area contributed by atoms with Crippen LogP contribution in [0.1, 0.15) is 11.4 Å². The van der Waals surface area contributed by atoms with Crippen LogP contribution in [0, 0.1) is 6.92 Å². The molecule has 5 heteroatoms. The molecule has 0 unspecified atom stereocenters. The van der Waals surface area contributed by atoms with Gasteiger partial charge < -0.3 is 4.74 Å². The maximum absolute atomic E-state index is 12.5. The molecule has 0 saturated carbocycles. The van der Waals surface area contributed by atoms with Crippen molar-refractivity contribution in [1.82, 2.24) is 9.66 Å². The predicted molar refractivity (Wildman–Crippen MR) is 86.7 cm³/mol. The number of para-hydroxylation sites is 2. The second kappa shape index (κ2) is 5.81. The van der Waals surface area contributed by atoms with Gasteiger partial charge in [0.15, 0.2) is 0 Å². The lowest BCUT2D eigenvalue weighted by Crippen LogP contribution is -2.20. The highest BCUT2D eigenvalue weighted by atomic mass is 16.5. The zero-order chi connectivity index (χ0) is 15.5. The van der Waals surface area contributed by atoms with Crippen LogP contribution in [0.2, 0.25) is 0 Å². The summed E-state index contributed by atoms with van der Waals surface area (Å²) in [7, 11) is 1.60. The Bertz CT molecular complexity index is 913. The highest BCUT2D eigenvalue weighted by Gasteiger charge is 2.06. The molecule has 0 N–H and O–H groups in total. The van der Waals surface area contributed by atoms with Crippen molar-refractivity contribution >= 4 is 17.1 Å². The third kappa shape index (κ3) is 2.48. The summed E-state index contributed by atoms with van der Waals surface area (Å²) in [5, 5.41) is 4.82. The van der Waals surface area contributed by atoms with Crippen molar-refractivity contribution in [2.45, 2.75) is 6.92 Å². The third-order valence-corrected chi connectivity index (χ3v) is 3.37. The first-order chi connectivity index (χ1) is 10.7. The third-order valence-electron chi connectivity index (χ3n) is 3.37. The van der Waals surface area contributed by atoms with Crippen LogP contribution < -0.4 is 10.3 Å². The fourth-order valence-corrected chi connectivity index (χ4v) is 2.26. The van der Waals surface area contributed by atoms with Crippen molar-refractivity contribution in [1.29, 1.82) is 0 Å². The molecule has 1 aromatic heterocycles. The monoisotopic (exact) mass is 293 g/mol. The van der Waals surface area contributed by atoms with E-state index < -0.39 is 0 Å². The van der Waals surface area contributed by atoms with Crippen molar-refractivity contribution in [2.24, 2.45) is 5.10 Å². The van der Waals surface area contributed by atoms with Crippen molar-refractivity contribution in [2.75, 3.05) is 7.11 Å². The summed E-state index contributed by atoms with van der Waals surface area (Å²) in [6, 6.07) is 14.7. The molecule has 0 aliphatic heterocycles. The number of ether oxygens (including phenoxy) is 1. The van der Waals surface area contributed by atoms with Crippen LogP contribution in [0.3, 0.4) is 0 Å². The van der Waals surface area contributed by atoms with Crippen LogP contribution in [0.4, 0.5) is 0 Å². The first kappa shape index (κ1) is 14.0. The van der Waals surface area contributed by atoms with Gasteiger partial charge in [0.05, 0.1) is 24.2 Å². The molecule has 3 aromatic rings. The Labute approximate surface area is 127 Å². The minimum Gasteiger partial charge on any atom is -0.496 e. The quantitative estimate of drug-likeness (QED) is 0.697. The predicted octanol–water partition coefficient (Wildman–Crippen LogP) is 2.60. The Kier molecular flexibility index (Phi) is 3.70. The first-order valence-corrected chi connectivity index (χ1v) is 6.86. The normalized spacial score (nSPS) is 11.2. The smallest absolute Gasteiger partial charge is 0.282 e. The molecular formula is C17H15N3O2. The molecule has 0 aliphatic rings. The van der Waals surface area contributed by atoms with Crippen LogP contribution >= 0.6 is 0 Å². The summed E-state index contributed by atoms with van der Waals surface area (Å²) in [6.07, 6.45) is 1.60. The number of hydrogen-bond acceptors (Lipinski definition) is 4. The Morgan fingerprint density at radius 2 is 1.86 bits per heavy atom. The number of rotatable bonds is 3. The fourth-order valence-electron chi connectivity index (χ4n) is 2.26. The maximum Gasteiger partial charge on any atom is 0.282 e. The number of methoxy groups -OCH3 is 1. The van der Waals surface area contributed by atoms with E-state index in [0.29, 0.717) is 22.5 Å². The van der Waals surface area contributed by atoms with Crippen LogP contribution in [0.5, 0.6) is 5.75 Å². The Balaban J connectivity index is 2.11. The van der Waals surface area contributed by atoms with Gasteiger partial charge >= 0.3 is 0 Å². The van der Waals surface area contributed by atoms with Gasteiger partial charge in [-0.05, 0) is 31.2 Å². The number of hydrogen-bond donors (Lipinski definition) is 0. The molecule has 0 spiro atoms. The molecule has 0 bridgehead atoms. The number of benzene rings is 2. The SMILES string of the molecule is COc1ccccc1C=Nn1c(C)nc2ccccc2c1=O. The van der Waals surface area contributed by atoms with E-state index >= 15 is 0 Å². The van der Waals surface area contributed by atoms with Crippen LogP contribution in [0.25, 0.3) is 10.9 Å². The lowest BCUT2D eigenvalue weighted by Gasteiger charge is -2.06. The van der Waals surface area contributed by atoms with E-state index in [1.807, 2.05) is 42.5 Å². The van der Waals surface area contributed by atoms with E-state index in [2.05, 4.69) is 10.1 Å². The van der Waals surface area contributed by atoms with Crippen LogP contribution in [-0.4, -0.2) is 23.0 Å². The van der Waals surface area contributed by atoms with Crippen molar-refractivity contribution in [3.05, 3.63) is 70.3 Å². The lowest BCUT2D eigenvalue weighted by molar-refractivity contribution is 0.414. The van der Waals surface area contributed by atoms with Gasteiger partial charge in [0, 0.05) is 5.56 Å². The summed E-state index contributed by atoms with van der Waals surface area (Å²) < 4.78 is 6.57. The minimum atomic E-state index is -0.186. The Morgan fingerprint density at radius 3 is 2.68 bits per heavy atom. The Morgan fingerprint density at radius 1 is 1.14 bits per heavy atom. The van der Waals surface area contributed by atoms with Gasteiger partial charge in [-0.1, -0.05) is 24.3 Å². The van der Waals surface area contributed by atoms with E-state index in [0.717, 1.165) is 5.56 Å². The zero-order valence-corrected chi connectivity index (χ0v) is 12.4. The van der Waals surface area contributed by atoms with E-state index in [-0.39, 0.29) is 5.56 Å². The molecular weight excluding hydrogens is 278 g/mol. The summed E-state index contributed by atoms with van der Waals surface area (Å²) in [4.78, 5) is 16.9. The average Bonchev–Trinajstić information content (AvgIpc) is 2.55. The molecule has 0 saturated heterocycles. The highest BCUT2D eigenvalue weighted by molar-refractivity contribution is 5.83. The fraction of sp³-hybridized carbons (Fsp3) is 0.118. The number of fused-ring (bicyclic) bond motifs is 1.